The molecule has 0 aromatic carbocycles. The first-order chi connectivity index (χ1) is 9.22. The van der Waals surface area contributed by atoms with Crippen LogP contribution >= 0.6 is 0 Å². The molecular weight excluding hydrogens is 244 g/mol. The smallest absolute Gasteiger partial charge is 0.173 e. The van der Waals surface area contributed by atoms with Gasteiger partial charge in [-0.05, 0) is 30.9 Å². The molecule has 0 amide bonds. The van der Waals surface area contributed by atoms with Gasteiger partial charge in [-0.3, -0.25) is 0 Å². The van der Waals surface area contributed by atoms with E-state index in [0.717, 1.165) is 38.4 Å². The Labute approximate surface area is 112 Å². The second-order valence-electron chi connectivity index (χ2n) is 4.82. The number of aromatic nitrogens is 1. The molecule has 6 heteroatoms. The summed E-state index contributed by atoms with van der Waals surface area (Å²) in [4.78, 5) is 6.36. The van der Waals surface area contributed by atoms with E-state index >= 15 is 0 Å². The highest BCUT2D eigenvalue weighted by Gasteiger charge is 2.19. The maximum atomic E-state index is 8.81. The van der Waals surface area contributed by atoms with Gasteiger partial charge in [0.2, 0.25) is 0 Å². The van der Waals surface area contributed by atoms with Gasteiger partial charge in [0.25, 0.3) is 0 Å². The van der Waals surface area contributed by atoms with E-state index in [1.165, 1.54) is 0 Å². The first kappa shape index (κ1) is 13.6. The fourth-order valence-corrected chi connectivity index (χ4v) is 2.38. The second kappa shape index (κ2) is 6.38. The minimum absolute atomic E-state index is 0.0786. The number of hydrogen-bond acceptors (Lipinski definition) is 5. The van der Waals surface area contributed by atoms with Crippen LogP contribution < -0.4 is 10.6 Å². The molecule has 1 atom stereocenters. The first-order valence-electron chi connectivity index (χ1n) is 6.44. The number of hydrogen-bond donors (Lipinski definition) is 2. The number of pyridine rings is 1. The Kier molecular flexibility index (Phi) is 4.57. The van der Waals surface area contributed by atoms with E-state index in [9.17, 15) is 0 Å². The minimum Gasteiger partial charge on any atom is -0.409 e. The molecule has 0 bridgehead atoms. The number of ether oxygens (including phenoxy) is 1. The monoisotopic (exact) mass is 264 g/mol. The van der Waals surface area contributed by atoms with E-state index in [2.05, 4.69) is 10.1 Å². The summed E-state index contributed by atoms with van der Waals surface area (Å²) in [7, 11) is 1.96. The third-order valence-corrected chi connectivity index (χ3v) is 3.32. The molecule has 19 heavy (non-hydrogen) atoms. The second-order valence-corrected chi connectivity index (χ2v) is 4.82. The third-order valence-electron chi connectivity index (χ3n) is 3.32. The molecule has 1 saturated heterocycles. The fraction of sp³-hybridized carbons (Fsp3) is 0.538. The molecule has 1 aromatic heterocycles. The predicted molar refractivity (Wildman–Crippen MR) is 73.6 cm³/mol. The van der Waals surface area contributed by atoms with Gasteiger partial charge >= 0.3 is 0 Å². The molecule has 1 fully saturated rings. The lowest BCUT2D eigenvalue weighted by molar-refractivity contribution is 0.0576. The van der Waals surface area contributed by atoms with Crippen LogP contribution in [-0.2, 0) is 4.74 Å². The molecule has 0 radical (unpaired) electrons. The molecule has 0 spiro atoms. The Morgan fingerprint density at radius 3 is 3.21 bits per heavy atom. The number of nitrogens with two attached hydrogens (primary N) is 1. The van der Waals surface area contributed by atoms with Gasteiger partial charge in [-0.25, -0.2) is 4.98 Å². The zero-order chi connectivity index (χ0) is 13.7. The number of amidine groups is 1. The Balaban J connectivity index is 2.11. The summed E-state index contributed by atoms with van der Waals surface area (Å²) < 4.78 is 5.48. The van der Waals surface area contributed by atoms with Crippen molar-refractivity contribution in [1.82, 2.24) is 4.98 Å². The van der Waals surface area contributed by atoms with Crippen molar-refractivity contribution >= 4 is 11.7 Å². The maximum Gasteiger partial charge on any atom is 0.173 e. The Morgan fingerprint density at radius 1 is 1.68 bits per heavy atom. The van der Waals surface area contributed by atoms with E-state index in [-0.39, 0.29) is 5.84 Å². The summed E-state index contributed by atoms with van der Waals surface area (Å²) in [5.41, 5.74) is 6.32. The zero-order valence-electron chi connectivity index (χ0n) is 11.1. The van der Waals surface area contributed by atoms with Gasteiger partial charge in [-0.15, -0.1) is 0 Å². The largest absolute Gasteiger partial charge is 0.409 e. The standard InChI is InChI=1S/C13H20N4O2/c1-17(8-10-4-3-7-19-9-10)13-11(12(14)16-18)5-2-6-15-13/h2,5-6,10,18H,3-4,7-9H2,1H3,(H2,14,16). The van der Waals surface area contributed by atoms with E-state index in [1.807, 2.05) is 11.9 Å². The number of oxime groups is 1. The molecule has 1 unspecified atom stereocenters. The lowest BCUT2D eigenvalue weighted by Gasteiger charge is -2.28. The van der Waals surface area contributed by atoms with Crippen LogP contribution in [-0.4, -0.2) is 42.8 Å². The minimum atomic E-state index is 0.0786. The summed E-state index contributed by atoms with van der Waals surface area (Å²) in [5.74, 6) is 1.30. The van der Waals surface area contributed by atoms with Crippen LogP contribution in [0.2, 0.25) is 0 Å². The van der Waals surface area contributed by atoms with Crippen molar-refractivity contribution in [1.29, 1.82) is 0 Å². The van der Waals surface area contributed by atoms with Crippen LogP contribution in [0.3, 0.4) is 0 Å². The molecule has 0 saturated carbocycles. The summed E-state index contributed by atoms with van der Waals surface area (Å²) in [6.45, 7) is 2.50. The molecular formula is C13H20N4O2. The van der Waals surface area contributed by atoms with Crippen molar-refractivity contribution in [2.45, 2.75) is 12.8 Å². The van der Waals surface area contributed by atoms with Crippen LogP contribution in [0.5, 0.6) is 0 Å². The first-order valence-corrected chi connectivity index (χ1v) is 6.44. The molecule has 2 heterocycles. The van der Waals surface area contributed by atoms with Crippen LogP contribution in [0, 0.1) is 5.92 Å². The average molecular weight is 264 g/mol. The molecule has 3 N–H and O–H groups in total. The van der Waals surface area contributed by atoms with E-state index < -0.39 is 0 Å². The molecule has 104 valence electrons. The Morgan fingerprint density at radius 2 is 2.53 bits per heavy atom. The van der Waals surface area contributed by atoms with Gasteiger partial charge in [0.1, 0.15) is 5.82 Å². The maximum absolute atomic E-state index is 8.81. The van der Waals surface area contributed by atoms with Gasteiger partial charge in [-0.2, -0.15) is 0 Å². The van der Waals surface area contributed by atoms with Crippen molar-refractivity contribution < 1.29 is 9.94 Å². The van der Waals surface area contributed by atoms with Gasteiger partial charge in [-0.1, -0.05) is 5.16 Å². The molecule has 6 nitrogen and oxygen atoms in total. The summed E-state index contributed by atoms with van der Waals surface area (Å²) in [6, 6.07) is 3.57. The Hall–Kier alpha value is -1.82. The zero-order valence-corrected chi connectivity index (χ0v) is 11.1. The van der Waals surface area contributed by atoms with Gasteiger partial charge < -0.3 is 20.6 Å². The SMILES string of the molecule is CN(CC1CCCOC1)c1ncccc1C(N)=NO. The third kappa shape index (κ3) is 3.35. The lowest BCUT2D eigenvalue weighted by Crippen LogP contribution is -2.32. The van der Waals surface area contributed by atoms with Crippen LogP contribution in [0.4, 0.5) is 5.82 Å². The van der Waals surface area contributed by atoms with E-state index in [0.29, 0.717) is 11.5 Å². The van der Waals surface area contributed by atoms with E-state index in [1.54, 1.807) is 18.3 Å². The topological polar surface area (TPSA) is 84.0 Å². The van der Waals surface area contributed by atoms with Crippen molar-refractivity contribution in [3.05, 3.63) is 23.9 Å². The highest BCUT2D eigenvalue weighted by molar-refractivity contribution is 6.01. The molecule has 2 rings (SSSR count). The number of nitrogens with zero attached hydrogens (tertiary/aromatic N) is 3. The van der Waals surface area contributed by atoms with Crippen LogP contribution in [0.15, 0.2) is 23.5 Å². The van der Waals surface area contributed by atoms with Crippen molar-refractivity contribution in [3.8, 4) is 0 Å². The molecule has 1 aliphatic heterocycles. The van der Waals surface area contributed by atoms with E-state index in [4.69, 9.17) is 15.7 Å². The number of rotatable bonds is 4. The number of anilines is 1. The summed E-state index contributed by atoms with van der Waals surface area (Å²) >= 11 is 0. The highest BCUT2D eigenvalue weighted by Crippen LogP contribution is 2.20. The fourth-order valence-electron chi connectivity index (χ4n) is 2.38. The quantitative estimate of drug-likeness (QED) is 0.367. The summed E-state index contributed by atoms with van der Waals surface area (Å²) in [6.07, 6.45) is 3.97. The van der Waals surface area contributed by atoms with Gasteiger partial charge in [0.05, 0.1) is 12.2 Å². The van der Waals surface area contributed by atoms with Crippen LogP contribution in [0.25, 0.3) is 0 Å². The summed E-state index contributed by atoms with van der Waals surface area (Å²) in [5, 5.41) is 11.9. The molecule has 1 aliphatic rings. The van der Waals surface area contributed by atoms with Crippen molar-refractivity contribution in [2.75, 3.05) is 31.7 Å². The Bertz CT molecular complexity index is 444. The van der Waals surface area contributed by atoms with Gasteiger partial charge in [0, 0.05) is 26.4 Å². The predicted octanol–water partition coefficient (Wildman–Crippen LogP) is 1.04. The highest BCUT2D eigenvalue weighted by atomic mass is 16.5. The normalized spacial score (nSPS) is 20.3. The lowest BCUT2D eigenvalue weighted by atomic mass is 10.0. The molecule has 0 aliphatic carbocycles. The van der Waals surface area contributed by atoms with Crippen molar-refractivity contribution in [3.63, 3.8) is 0 Å². The molecule has 1 aromatic rings. The van der Waals surface area contributed by atoms with Crippen LogP contribution in [0.1, 0.15) is 18.4 Å². The average Bonchev–Trinajstić information content (AvgIpc) is 2.47. The van der Waals surface area contributed by atoms with Gasteiger partial charge in [0.15, 0.2) is 5.84 Å². The van der Waals surface area contributed by atoms with Crippen molar-refractivity contribution in [2.24, 2.45) is 16.8 Å².